The minimum Gasteiger partial charge on any atom is -0.292 e. The Hall–Kier alpha value is -1.77. The van der Waals surface area contributed by atoms with Gasteiger partial charge in [-0.1, -0.05) is 60.9 Å². The number of carbonyl (C=O) groups excluding carboxylic acids is 1. The van der Waals surface area contributed by atoms with Crippen molar-refractivity contribution in [3.63, 3.8) is 0 Å². The number of carbonyl (C=O) groups is 1. The van der Waals surface area contributed by atoms with Gasteiger partial charge in [0.15, 0.2) is 0 Å². The summed E-state index contributed by atoms with van der Waals surface area (Å²) < 4.78 is 0. The highest BCUT2D eigenvalue weighted by molar-refractivity contribution is 8.03. The minimum atomic E-state index is -0.104. The SMILES string of the molecule is Cc1ccc([C@H]2CC(=O)N3CN(C4CCCCC4)CSC3=C2C#N)cc1. The highest BCUT2D eigenvalue weighted by Crippen LogP contribution is 2.43. The first kappa shape index (κ1) is 17.6. The molecule has 0 unspecified atom stereocenters. The number of allylic oxidation sites excluding steroid dienone is 1. The zero-order valence-corrected chi connectivity index (χ0v) is 16.1. The summed E-state index contributed by atoms with van der Waals surface area (Å²) in [6.07, 6.45) is 6.79. The molecule has 1 saturated carbocycles. The van der Waals surface area contributed by atoms with Gasteiger partial charge in [0.1, 0.15) is 0 Å². The normalized spacial score (nSPS) is 25.2. The lowest BCUT2D eigenvalue weighted by Gasteiger charge is -2.44. The van der Waals surface area contributed by atoms with E-state index >= 15 is 0 Å². The average molecular weight is 368 g/mol. The van der Waals surface area contributed by atoms with E-state index in [0.717, 1.165) is 22.0 Å². The van der Waals surface area contributed by atoms with Gasteiger partial charge in [0.05, 0.1) is 29.2 Å². The standard InChI is InChI=1S/C21H25N3OS/c1-15-7-9-16(10-8-15)18-11-20(25)24-13-23(17-5-3-2-4-6-17)14-26-21(24)19(18)12-22/h7-10,17-18H,2-6,11,13-14H2,1H3/t18-/m1/s1. The molecular weight excluding hydrogens is 342 g/mol. The molecule has 2 aliphatic heterocycles. The van der Waals surface area contributed by atoms with E-state index < -0.39 is 0 Å². The molecule has 1 saturated heterocycles. The third-order valence-corrected chi connectivity index (χ3v) is 7.06. The van der Waals surface area contributed by atoms with Crippen LogP contribution in [0.3, 0.4) is 0 Å². The number of fused-ring (bicyclic) bond motifs is 1. The van der Waals surface area contributed by atoms with E-state index in [4.69, 9.17) is 0 Å². The summed E-state index contributed by atoms with van der Waals surface area (Å²) in [6.45, 7) is 2.70. The van der Waals surface area contributed by atoms with Gasteiger partial charge >= 0.3 is 0 Å². The summed E-state index contributed by atoms with van der Waals surface area (Å²) in [5.41, 5.74) is 3.03. The maximum atomic E-state index is 12.9. The highest BCUT2D eigenvalue weighted by Gasteiger charge is 2.39. The van der Waals surface area contributed by atoms with Gasteiger partial charge in [0.2, 0.25) is 5.91 Å². The van der Waals surface area contributed by atoms with Gasteiger partial charge in [0.25, 0.3) is 0 Å². The van der Waals surface area contributed by atoms with Crippen molar-refractivity contribution in [1.82, 2.24) is 9.80 Å². The lowest BCUT2D eigenvalue weighted by atomic mass is 9.86. The summed E-state index contributed by atoms with van der Waals surface area (Å²) in [7, 11) is 0. The smallest absolute Gasteiger partial charge is 0.229 e. The number of aryl methyl sites for hydroxylation is 1. The first-order valence-electron chi connectivity index (χ1n) is 9.55. The molecule has 1 aliphatic carbocycles. The lowest BCUT2D eigenvalue weighted by Crippen LogP contribution is -2.51. The van der Waals surface area contributed by atoms with Crippen LogP contribution in [0.1, 0.15) is 55.6 Å². The number of hydrogen-bond donors (Lipinski definition) is 0. The maximum absolute atomic E-state index is 12.9. The van der Waals surface area contributed by atoms with Crippen LogP contribution in [-0.4, -0.2) is 34.3 Å². The van der Waals surface area contributed by atoms with E-state index in [1.165, 1.54) is 37.7 Å². The molecule has 4 rings (SSSR count). The number of nitriles is 1. The quantitative estimate of drug-likeness (QED) is 0.780. The lowest BCUT2D eigenvalue weighted by molar-refractivity contribution is -0.132. The van der Waals surface area contributed by atoms with Crippen LogP contribution < -0.4 is 0 Å². The Bertz CT molecular complexity index is 758. The van der Waals surface area contributed by atoms with E-state index in [1.807, 2.05) is 4.90 Å². The van der Waals surface area contributed by atoms with Crippen molar-refractivity contribution in [2.45, 2.75) is 57.4 Å². The molecule has 0 aromatic heterocycles. The number of nitrogens with zero attached hydrogens (tertiary/aromatic N) is 3. The Morgan fingerprint density at radius 1 is 1.15 bits per heavy atom. The van der Waals surface area contributed by atoms with Crippen molar-refractivity contribution in [3.8, 4) is 6.07 Å². The average Bonchev–Trinajstić information content (AvgIpc) is 2.69. The van der Waals surface area contributed by atoms with Crippen molar-refractivity contribution >= 4 is 17.7 Å². The Kier molecular flexibility index (Phi) is 5.06. The van der Waals surface area contributed by atoms with Crippen LogP contribution in [0.25, 0.3) is 0 Å². The molecular formula is C21H25N3OS. The van der Waals surface area contributed by atoms with Gasteiger partial charge in [-0.05, 0) is 25.3 Å². The van der Waals surface area contributed by atoms with Crippen LogP contribution >= 0.6 is 11.8 Å². The predicted molar refractivity (Wildman–Crippen MR) is 104 cm³/mol. The molecule has 0 radical (unpaired) electrons. The van der Waals surface area contributed by atoms with Crippen LogP contribution in [0.5, 0.6) is 0 Å². The van der Waals surface area contributed by atoms with Crippen LogP contribution in [0.4, 0.5) is 0 Å². The van der Waals surface area contributed by atoms with Gasteiger partial charge < -0.3 is 0 Å². The van der Waals surface area contributed by atoms with E-state index in [1.54, 1.807) is 11.8 Å². The monoisotopic (exact) mass is 367 g/mol. The van der Waals surface area contributed by atoms with Crippen LogP contribution in [0.15, 0.2) is 34.9 Å². The third kappa shape index (κ3) is 3.28. The fraction of sp³-hybridized carbons (Fsp3) is 0.524. The molecule has 26 heavy (non-hydrogen) atoms. The zero-order valence-electron chi connectivity index (χ0n) is 15.3. The van der Waals surface area contributed by atoms with Crippen LogP contribution in [-0.2, 0) is 4.79 Å². The molecule has 4 nitrogen and oxygen atoms in total. The topological polar surface area (TPSA) is 47.3 Å². The Labute approximate surface area is 159 Å². The molecule has 1 atom stereocenters. The Morgan fingerprint density at radius 2 is 1.88 bits per heavy atom. The summed E-state index contributed by atoms with van der Waals surface area (Å²) >= 11 is 1.68. The molecule has 2 heterocycles. The van der Waals surface area contributed by atoms with Gasteiger partial charge in [-0.25, -0.2) is 0 Å². The number of hydrogen-bond acceptors (Lipinski definition) is 4. The molecule has 2 fully saturated rings. The van der Waals surface area contributed by atoms with Crippen LogP contribution in [0.2, 0.25) is 0 Å². The molecule has 1 aromatic rings. The third-order valence-electron chi connectivity index (χ3n) is 5.89. The first-order chi connectivity index (χ1) is 12.7. The van der Waals surface area contributed by atoms with Gasteiger partial charge in [-0.15, -0.1) is 0 Å². The predicted octanol–water partition coefficient (Wildman–Crippen LogP) is 4.34. The molecule has 3 aliphatic rings. The first-order valence-corrected chi connectivity index (χ1v) is 10.5. The number of benzene rings is 1. The summed E-state index contributed by atoms with van der Waals surface area (Å²) in [4.78, 5) is 17.2. The molecule has 0 spiro atoms. The van der Waals surface area contributed by atoms with E-state index in [9.17, 15) is 10.1 Å². The van der Waals surface area contributed by atoms with Gasteiger partial charge in [-0.3, -0.25) is 14.6 Å². The second kappa shape index (κ2) is 7.46. The zero-order chi connectivity index (χ0) is 18.1. The van der Waals surface area contributed by atoms with Crippen LogP contribution in [0, 0.1) is 18.3 Å². The fourth-order valence-electron chi connectivity index (χ4n) is 4.34. The van der Waals surface area contributed by atoms with Gasteiger partial charge in [-0.2, -0.15) is 5.26 Å². The van der Waals surface area contributed by atoms with Crippen molar-refractivity contribution in [3.05, 3.63) is 46.0 Å². The van der Waals surface area contributed by atoms with Crippen molar-refractivity contribution in [2.75, 3.05) is 12.5 Å². The second-order valence-electron chi connectivity index (χ2n) is 7.62. The minimum absolute atomic E-state index is 0.104. The summed E-state index contributed by atoms with van der Waals surface area (Å²) in [6, 6.07) is 11.3. The molecule has 5 heteroatoms. The Balaban J connectivity index is 1.60. The fourth-order valence-corrected chi connectivity index (χ4v) is 5.58. The largest absolute Gasteiger partial charge is 0.292 e. The van der Waals surface area contributed by atoms with Crippen molar-refractivity contribution in [2.24, 2.45) is 0 Å². The second-order valence-corrected chi connectivity index (χ2v) is 8.55. The summed E-state index contributed by atoms with van der Waals surface area (Å²) in [5, 5.41) is 10.7. The molecule has 136 valence electrons. The Morgan fingerprint density at radius 3 is 2.58 bits per heavy atom. The number of amides is 1. The molecule has 0 bridgehead atoms. The van der Waals surface area contributed by atoms with Crippen molar-refractivity contribution < 1.29 is 4.79 Å². The van der Waals surface area contributed by atoms with E-state index in [-0.39, 0.29) is 11.8 Å². The molecule has 0 N–H and O–H groups in total. The van der Waals surface area contributed by atoms with Crippen molar-refractivity contribution in [1.29, 1.82) is 5.26 Å². The van der Waals surface area contributed by atoms with E-state index in [2.05, 4.69) is 42.2 Å². The maximum Gasteiger partial charge on any atom is 0.229 e. The van der Waals surface area contributed by atoms with E-state index in [0.29, 0.717) is 19.1 Å². The molecule has 1 aromatic carbocycles. The van der Waals surface area contributed by atoms with Gasteiger partial charge in [0, 0.05) is 18.4 Å². The number of rotatable bonds is 2. The highest BCUT2D eigenvalue weighted by atomic mass is 32.2. The number of thioether (sulfide) groups is 1. The summed E-state index contributed by atoms with van der Waals surface area (Å²) in [5.74, 6) is 0.931. The molecule has 1 amide bonds.